The molecule has 0 spiro atoms. The fourth-order valence-corrected chi connectivity index (χ4v) is 4.08. The van der Waals surface area contributed by atoms with Gasteiger partial charge >= 0.3 is 0 Å². The van der Waals surface area contributed by atoms with Crippen LogP contribution in [-0.4, -0.2) is 59.0 Å². The van der Waals surface area contributed by atoms with Crippen LogP contribution in [0.3, 0.4) is 0 Å². The average molecular weight is 358 g/mol. The minimum absolute atomic E-state index is 0.360. The van der Waals surface area contributed by atoms with Crippen molar-refractivity contribution in [3.63, 3.8) is 0 Å². The molecule has 6 nitrogen and oxygen atoms in total. The smallest absolute Gasteiger partial charge is 0.137 e. The van der Waals surface area contributed by atoms with Gasteiger partial charge in [0.05, 0.1) is 23.8 Å². The number of fused-ring (bicyclic) bond motifs is 2. The van der Waals surface area contributed by atoms with Gasteiger partial charge in [-0.15, -0.1) is 0 Å². The third-order valence-corrected chi connectivity index (χ3v) is 5.73. The van der Waals surface area contributed by atoms with E-state index in [-0.39, 0.29) is 0 Å². The molecule has 0 radical (unpaired) electrons. The Balaban J connectivity index is 1.47. The highest BCUT2D eigenvalue weighted by atomic mass is 16.7. The Morgan fingerprint density at radius 3 is 2.77 bits per heavy atom. The zero-order valence-electron chi connectivity index (χ0n) is 16.3. The molecule has 0 aromatic carbocycles. The number of aliphatic imine (C=N–C) groups is 1. The number of allylic oxidation sites excluding steroid dienone is 2. The summed E-state index contributed by atoms with van der Waals surface area (Å²) in [5, 5.41) is 1.96. The number of rotatable bonds is 5. The van der Waals surface area contributed by atoms with Crippen LogP contribution >= 0.6 is 0 Å². The maximum Gasteiger partial charge on any atom is 0.137 e. The summed E-state index contributed by atoms with van der Waals surface area (Å²) >= 11 is 0. The van der Waals surface area contributed by atoms with E-state index >= 15 is 0 Å². The van der Waals surface area contributed by atoms with Gasteiger partial charge in [-0.3, -0.25) is 14.7 Å². The van der Waals surface area contributed by atoms with Gasteiger partial charge in [0.2, 0.25) is 0 Å². The predicted octanol–water partition coefficient (Wildman–Crippen LogP) is 3.30. The van der Waals surface area contributed by atoms with Crippen molar-refractivity contribution in [3.8, 4) is 0 Å². The summed E-state index contributed by atoms with van der Waals surface area (Å²) in [5.74, 6) is 1.59. The lowest BCUT2D eigenvalue weighted by atomic mass is 9.95. The van der Waals surface area contributed by atoms with Crippen molar-refractivity contribution in [1.29, 1.82) is 0 Å². The Hall–Kier alpha value is -1.79. The quantitative estimate of drug-likeness (QED) is 0.754. The molecule has 6 heteroatoms. The average Bonchev–Trinajstić information content (AvgIpc) is 3.08. The Kier molecular flexibility index (Phi) is 5.05. The summed E-state index contributed by atoms with van der Waals surface area (Å²) in [6.45, 7) is 11.4. The van der Waals surface area contributed by atoms with Gasteiger partial charge < -0.3 is 9.80 Å². The van der Waals surface area contributed by atoms with Gasteiger partial charge in [0.15, 0.2) is 0 Å². The highest BCUT2D eigenvalue weighted by Gasteiger charge is 2.35. The third-order valence-electron chi connectivity index (χ3n) is 5.73. The van der Waals surface area contributed by atoms with Crippen molar-refractivity contribution in [2.24, 2.45) is 10.9 Å². The van der Waals surface area contributed by atoms with Gasteiger partial charge in [0.1, 0.15) is 19.2 Å². The number of likely N-dealkylation sites (tertiary alicyclic amines) is 1. The molecule has 0 bridgehead atoms. The summed E-state index contributed by atoms with van der Waals surface area (Å²) in [7, 11) is 0. The number of nitrogens with zero attached hydrogens (tertiary/aromatic N) is 5. The van der Waals surface area contributed by atoms with Crippen molar-refractivity contribution < 1.29 is 4.84 Å². The standard InChI is InChI=1S/C20H31N5O/c1-4-8-23-12-16(2)17(3)19-20(23)25-14-24(13-18(25)11-21-19)26-15-22-9-6-5-7-10-22/h11-13,17H,4-10,14-15H2,1-3H3. The van der Waals surface area contributed by atoms with Crippen LogP contribution in [0.4, 0.5) is 0 Å². The van der Waals surface area contributed by atoms with E-state index in [0.29, 0.717) is 12.6 Å². The molecule has 0 amide bonds. The fraction of sp³-hybridized carbons (Fsp3) is 0.650. The fourth-order valence-electron chi connectivity index (χ4n) is 4.08. The maximum atomic E-state index is 6.08. The van der Waals surface area contributed by atoms with Crippen molar-refractivity contribution in [2.45, 2.75) is 46.5 Å². The van der Waals surface area contributed by atoms with E-state index in [1.165, 1.54) is 36.4 Å². The van der Waals surface area contributed by atoms with E-state index < -0.39 is 0 Å². The van der Waals surface area contributed by atoms with Gasteiger partial charge in [0, 0.05) is 31.8 Å². The molecule has 1 saturated heterocycles. The summed E-state index contributed by atoms with van der Waals surface area (Å²) in [6.07, 6.45) is 11.4. The molecule has 0 saturated carbocycles. The van der Waals surface area contributed by atoms with Crippen molar-refractivity contribution in [3.05, 3.63) is 35.2 Å². The number of hydrogen-bond acceptors (Lipinski definition) is 6. The Morgan fingerprint density at radius 2 is 2.00 bits per heavy atom. The molecule has 1 unspecified atom stereocenters. The molecule has 0 aromatic rings. The van der Waals surface area contributed by atoms with E-state index in [9.17, 15) is 0 Å². The molecule has 4 heterocycles. The second kappa shape index (κ2) is 7.45. The number of hydroxylamine groups is 2. The summed E-state index contributed by atoms with van der Waals surface area (Å²) in [6, 6.07) is 0. The van der Waals surface area contributed by atoms with Crippen LogP contribution in [0.5, 0.6) is 0 Å². The predicted molar refractivity (Wildman–Crippen MR) is 103 cm³/mol. The highest BCUT2D eigenvalue weighted by molar-refractivity contribution is 5.81. The first-order valence-corrected chi connectivity index (χ1v) is 10.0. The van der Waals surface area contributed by atoms with Crippen LogP contribution in [0, 0.1) is 5.92 Å². The lowest BCUT2D eigenvalue weighted by Crippen LogP contribution is -2.40. The number of hydrogen-bond donors (Lipinski definition) is 0. The first-order valence-electron chi connectivity index (χ1n) is 10.0. The topological polar surface area (TPSA) is 34.6 Å². The summed E-state index contributed by atoms with van der Waals surface area (Å²) in [4.78, 5) is 18.0. The molecule has 1 atom stereocenters. The molecule has 142 valence electrons. The monoisotopic (exact) mass is 357 g/mol. The maximum absolute atomic E-state index is 6.08. The Bertz CT molecular complexity index is 659. The van der Waals surface area contributed by atoms with E-state index in [0.717, 1.165) is 38.4 Å². The van der Waals surface area contributed by atoms with Gasteiger partial charge in [-0.25, -0.2) is 5.06 Å². The van der Waals surface area contributed by atoms with Crippen LogP contribution < -0.4 is 0 Å². The zero-order valence-corrected chi connectivity index (χ0v) is 16.3. The van der Waals surface area contributed by atoms with E-state index in [1.807, 2.05) is 11.3 Å². The molecular weight excluding hydrogens is 326 g/mol. The van der Waals surface area contributed by atoms with Crippen molar-refractivity contribution in [1.82, 2.24) is 19.8 Å². The van der Waals surface area contributed by atoms with Gasteiger partial charge in [-0.2, -0.15) is 0 Å². The molecule has 4 aliphatic heterocycles. The lowest BCUT2D eigenvalue weighted by Gasteiger charge is -2.40. The molecule has 1 fully saturated rings. The van der Waals surface area contributed by atoms with Crippen LogP contribution in [0.25, 0.3) is 0 Å². The molecule has 0 N–H and O–H groups in total. The van der Waals surface area contributed by atoms with Crippen LogP contribution in [-0.2, 0) is 4.84 Å². The molecule has 4 rings (SSSR count). The van der Waals surface area contributed by atoms with Crippen molar-refractivity contribution >= 4 is 6.21 Å². The van der Waals surface area contributed by atoms with Crippen LogP contribution in [0.15, 0.2) is 40.2 Å². The lowest BCUT2D eigenvalue weighted by molar-refractivity contribution is -0.167. The molecule has 0 aromatic heterocycles. The van der Waals surface area contributed by atoms with Crippen LogP contribution in [0.1, 0.15) is 46.5 Å². The van der Waals surface area contributed by atoms with E-state index in [1.54, 1.807) is 0 Å². The molecular formula is C20H31N5O. The van der Waals surface area contributed by atoms with Gasteiger partial charge in [-0.1, -0.05) is 20.3 Å². The van der Waals surface area contributed by atoms with E-state index in [4.69, 9.17) is 9.83 Å². The number of piperidine rings is 1. The SMILES string of the molecule is CCCN1C=C(C)C(C)C2=C1N1CN(OCN3CCCCC3)C=C1C=N2. The molecule has 0 aliphatic carbocycles. The highest BCUT2D eigenvalue weighted by Crippen LogP contribution is 2.38. The minimum atomic E-state index is 0.360. The van der Waals surface area contributed by atoms with Crippen LogP contribution in [0.2, 0.25) is 0 Å². The third kappa shape index (κ3) is 3.28. The first kappa shape index (κ1) is 17.6. The minimum Gasteiger partial charge on any atom is -0.333 e. The summed E-state index contributed by atoms with van der Waals surface area (Å²) < 4.78 is 0. The second-order valence-electron chi connectivity index (χ2n) is 7.73. The molecule has 26 heavy (non-hydrogen) atoms. The van der Waals surface area contributed by atoms with Gasteiger partial charge in [0.25, 0.3) is 0 Å². The normalized spacial score (nSPS) is 26.1. The summed E-state index contributed by atoms with van der Waals surface area (Å²) in [5.41, 5.74) is 3.66. The largest absolute Gasteiger partial charge is 0.333 e. The second-order valence-corrected chi connectivity index (χ2v) is 7.73. The van der Waals surface area contributed by atoms with E-state index in [2.05, 4.69) is 47.9 Å². The zero-order chi connectivity index (χ0) is 18.1. The Labute approximate surface area is 157 Å². The van der Waals surface area contributed by atoms with Crippen molar-refractivity contribution in [2.75, 3.05) is 33.0 Å². The van der Waals surface area contributed by atoms with Gasteiger partial charge in [-0.05, 0) is 31.8 Å². The Morgan fingerprint density at radius 1 is 1.19 bits per heavy atom. The molecule has 4 aliphatic rings. The first-order chi connectivity index (χ1) is 12.7.